The van der Waals surface area contributed by atoms with Crippen molar-refractivity contribution < 1.29 is 27.4 Å². The lowest BCUT2D eigenvalue weighted by Crippen LogP contribution is -2.52. The molecule has 1 rings (SSSR count). The van der Waals surface area contributed by atoms with Crippen molar-refractivity contribution in [3.05, 3.63) is 64.9 Å². The van der Waals surface area contributed by atoms with Crippen LogP contribution in [-0.2, 0) is 19.9 Å². The molecule has 0 spiro atoms. The van der Waals surface area contributed by atoms with E-state index in [1.165, 1.54) is 35.9 Å². The standard InChI is InChI=1S/C28H37F3O3Si/c1-22(2)14-13-15-23(3)19-20-25(18-11-12-21-35(5,6)7)34-26(32)27(33-4,28(29,30)31)24-16-9-8-10-17-24/h8-10,14,16-17,20,25H,11,13,15,18H2,1-7H3/t19?,25?,27-/m1/s1. The molecule has 0 N–H and O–H groups in total. The van der Waals surface area contributed by atoms with E-state index in [0.717, 1.165) is 25.5 Å². The van der Waals surface area contributed by atoms with Crippen LogP contribution in [0.5, 0.6) is 0 Å². The Labute approximate surface area is 209 Å². The Kier molecular flexibility index (Phi) is 11.8. The molecule has 0 aliphatic rings. The van der Waals surface area contributed by atoms with Crippen molar-refractivity contribution in [1.82, 2.24) is 0 Å². The molecular formula is C28H37F3O3Si. The van der Waals surface area contributed by atoms with Crippen molar-refractivity contribution in [2.45, 2.75) is 84.0 Å². The van der Waals surface area contributed by atoms with Gasteiger partial charge in [0, 0.05) is 19.1 Å². The van der Waals surface area contributed by atoms with E-state index in [9.17, 15) is 18.0 Å². The van der Waals surface area contributed by atoms with Gasteiger partial charge in [-0.2, -0.15) is 13.2 Å². The highest BCUT2D eigenvalue weighted by atomic mass is 28.3. The number of carbonyl (C=O) groups is 1. The Morgan fingerprint density at radius 1 is 1.11 bits per heavy atom. The van der Waals surface area contributed by atoms with Crippen LogP contribution in [0.25, 0.3) is 0 Å². The molecule has 3 nitrogen and oxygen atoms in total. The SMILES string of the molecule is CO[C@@](C(=O)OC(C=C=C(C)CCC=C(C)C)CCC#C[Si](C)(C)C)(c1ccccc1)C(F)(F)F. The molecule has 0 saturated carbocycles. The molecule has 1 aromatic carbocycles. The number of alkyl halides is 3. The van der Waals surface area contributed by atoms with E-state index >= 15 is 0 Å². The summed E-state index contributed by atoms with van der Waals surface area (Å²) in [5, 5.41) is 0. The Morgan fingerprint density at radius 2 is 1.74 bits per heavy atom. The third kappa shape index (κ3) is 9.93. The molecular weight excluding hydrogens is 469 g/mol. The summed E-state index contributed by atoms with van der Waals surface area (Å²) < 4.78 is 53.0. The molecule has 0 amide bonds. The smallest absolute Gasteiger partial charge is 0.432 e. The molecule has 0 fully saturated rings. The van der Waals surface area contributed by atoms with Crippen molar-refractivity contribution in [3.8, 4) is 11.5 Å². The third-order valence-electron chi connectivity index (χ3n) is 5.04. The van der Waals surface area contributed by atoms with Crippen molar-refractivity contribution in [1.29, 1.82) is 0 Å². The van der Waals surface area contributed by atoms with E-state index in [4.69, 9.17) is 9.47 Å². The zero-order valence-electron chi connectivity index (χ0n) is 21.8. The second kappa shape index (κ2) is 13.5. The number of carbonyl (C=O) groups excluding carboxylic acids is 1. The van der Waals surface area contributed by atoms with Gasteiger partial charge in [-0.3, -0.25) is 0 Å². The Hall–Kier alpha value is -2.52. The second-order valence-corrected chi connectivity index (χ2v) is 14.4. The fraction of sp³-hybridized carbons (Fsp3) is 0.500. The van der Waals surface area contributed by atoms with Gasteiger partial charge in [0.05, 0.1) is 0 Å². The van der Waals surface area contributed by atoms with Crippen molar-refractivity contribution in [3.63, 3.8) is 0 Å². The largest absolute Gasteiger partial charge is 0.455 e. The average Bonchev–Trinajstić information content (AvgIpc) is 2.74. The highest BCUT2D eigenvalue weighted by Crippen LogP contribution is 2.43. The van der Waals surface area contributed by atoms with Crippen molar-refractivity contribution >= 4 is 14.0 Å². The van der Waals surface area contributed by atoms with Crippen molar-refractivity contribution in [2.75, 3.05) is 7.11 Å². The number of ether oxygens (including phenoxy) is 2. The lowest BCUT2D eigenvalue weighted by molar-refractivity contribution is -0.277. The van der Waals surface area contributed by atoms with Gasteiger partial charge in [-0.25, -0.2) is 4.79 Å². The van der Waals surface area contributed by atoms with Crippen LogP contribution >= 0.6 is 0 Å². The number of hydrogen-bond acceptors (Lipinski definition) is 3. The topological polar surface area (TPSA) is 35.5 Å². The maximum atomic E-state index is 14.2. The first-order chi connectivity index (χ1) is 16.2. The van der Waals surface area contributed by atoms with Crippen LogP contribution in [0.15, 0.2) is 59.4 Å². The van der Waals surface area contributed by atoms with Gasteiger partial charge in [0.2, 0.25) is 0 Å². The molecule has 0 aliphatic heterocycles. The Balaban J connectivity index is 3.29. The fourth-order valence-electron chi connectivity index (χ4n) is 3.21. The van der Waals surface area contributed by atoms with Crippen LogP contribution in [0.4, 0.5) is 13.2 Å². The minimum absolute atomic E-state index is 0.254. The molecule has 35 heavy (non-hydrogen) atoms. The molecule has 0 saturated heterocycles. The molecule has 192 valence electrons. The lowest BCUT2D eigenvalue weighted by Gasteiger charge is -2.33. The van der Waals surface area contributed by atoms with E-state index in [-0.39, 0.29) is 12.0 Å². The highest BCUT2D eigenvalue weighted by molar-refractivity contribution is 6.83. The van der Waals surface area contributed by atoms with E-state index < -0.39 is 31.9 Å². The molecule has 1 aromatic rings. The van der Waals surface area contributed by atoms with Crippen LogP contribution in [-0.4, -0.2) is 33.4 Å². The predicted molar refractivity (Wildman–Crippen MR) is 137 cm³/mol. The molecule has 0 heterocycles. The minimum Gasteiger partial charge on any atom is -0.455 e. The maximum Gasteiger partial charge on any atom is 0.432 e. The Bertz CT molecular complexity index is 984. The summed E-state index contributed by atoms with van der Waals surface area (Å²) in [5.41, 5.74) is 4.86. The summed E-state index contributed by atoms with van der Waals surface area (Å²) in [6.07, 6.45) is -0.126. The molecule has 0 aliphatic carbocycles. The maximum absolute atomic E-state index is 14.2. The number of hydrogen-bond donors (Lipinski definition) is 0. The molecule has 7 heteroatoms. The van der Waals surface area contributed by atoms with Crippen molar-refractivity contribution in [2.24, 2.45) is 0 Å². The quantitative estimate of drug-likeness (QED) is 0.108. The minimum atomic E-state index is -5.03. The number of rotatable bonds is 10. The zero-order chi connectivity index (χ0) is 26.7. The number of benzene rings is 1. The molecule has 0 radical (unpaired) electrons. The van der Waals surface area contributed by atoms with Crippen LogP contribution in [0.2, 0.25) is 19.6 Å². The normalized spacial score (nSPS) is 13.9. The number of halogens is 3. The summed E-state index contributed by atoms with van der Waals surface area (Å²) in [4.78, 5) is 13.1. The fourth-order valence-corrected chi connectivity index (χ4v) is 3.87. The average molecular weight is 507 g/mol. The van der Waals surface area contributed by atoms with Gasteiger partial charge in [-0.1, -0.05) is 61.6 Å². The van der Waals surface area contributed by atoms with Gasteiger partial charge in [-0.05, 0) is 51.7 Å². The molecule has 0 bridgehead atoms. The Morgan fingerprint density at radius 3 is 2.26 bits per heavy atom. The monoisotopic (exact) mass is 506 g/mol. The zero-order valence-corrected chi connectivity index (χ0v) is 22.8. The van der Waals surface area contributed by atoms with Crippen LogP contribution in [0, 0.1) is 11.5 Å². The van der Waals surface area contributed by atoms with Gasteiger partial charge in [0.25, 0.3) is 5.60 Å². The summed E-state index contributed by atoms with van der Waals surface area (Å²) in [5.74, 6) is 1.57. The molecule has 2 atom stereocenters. The van der Waals surface area contributed by atoms with Gasteiger partial charge in [0.15, 0.2) is 0 Å². The first-order valence-corrected chi connectivity index (χ1v) is 15.2. The second-order valence-electron chi connectivity index (χ2n) is 9.69. The number of esters is 1. The van der Waals surface area contributed by atoms with E-state index in [1.54, 1.807) is 6.07 Å². The summed E-state index contributed by atoms with van der Waals surface area (Å²) in [6.45, 7) is 12.2. The van der Waals surface area contributed by atoms with Gasteiger partial charge < -0.3 is 9.47 Å². The van der Waals surface area contributed by atoms with Crippen LogP contribution in [0.3, 0.4) is 0 Å². The molecule has 0 aromatic heterocycles. The van der Waals surface area contributed by atoms with E-state index in [2.05, 4.69) is 42.9 Å². The summed E-state index contributed by atoms with van der Waals surface area (Å²) >= 11 is 0. The summed E-state index contributed by atoms with van der Waals surface area (Å²) in [6, 6.07) is 6.82. The molecule has 1 unspecified atom stereocenters. The van der Waals surface area contributed by atoms with Gasteiger partial charge in [-0.15, -0.1) is 17.2 Å². The summed E-state index contributed by atoms with van der Waals surface area (Å²) in [7, 11) is -0.739. The highest BCUT2D eigenvalue weighted by Gasteiger charge is 2.64. The van der Waals surface area contributed by atoms with Gasteiger partial charge in [0.1, 0.15) is 14.2 Å². The first-order valence-electron chi connectivity index (χ1n) is 11.7. The third-order valence-corrected chi connectivity index (χ3v) is 5.96. The van der Waals surface area contributed by atoms with Crippen LogP contribution < -0.4 is 0 Å². The predicted octanol–water partition coefficient (Wildman–Crippen LogP) is 7.51. The first kappa shape index (κ1) is 30.5. The van der Waals surface area contributed by atoms with Crippen LogP contribution in [0.1, 0.15) is 52.0 Å². The lowest BCUT2D eigenvalue weighted by atomic mass is 9.92. The van der Waals surface area contributed by atoms with Gasteiger partial charge >= 0.3 is 12.1 Å². The van der Waals surface area contributed by atoms with E-state index in [1.807, 2.05) is 20.8 Å². The number of methoxy groups -OCH3 is 1. The number of allylic oxidation sites excluding steroid dienone is 2. The van der Waals surface area contributed by atoms with E-state index in [0.29, 0.717) is 6.42 Å².